The molecule has 0 saturated heterocycles. The molecule has 0 aliphatic carbocycles. The van der Waals surface area contributed by atoms with Gasteiger partial charge in [0.05, 0.1) is 17.0 Å². The Kier molecular flexibility index (Phi) is 4.38. The minimum absolute atomic E-state index is 0.0253. The van der Waals surface area contributed by atoms with E-state index in [2.05, 4.69) is 5.92 Å². The van der Waals surface area contributed by atoms with E-state index in [1.807, 2.05) is 0 Å². The average Bonchev–Trinajstić information content (AvgIpc) is 2.35. The van der Waals surface area contributed by atoms with Crippen LogP contribution in [0, 0.1) is 28.3 Å². The maximum atomic E-state index is 13.5. The lowest BCUT2D eigenvalue weighted by Gasteiger charge is -2.18. The minimum Gasteiger partial charge on any atom is -0.328 e. The molecule has 1 aromatic rings. The molecule has 1 rings (SSSR count). The van der Waals surface area contributed by atoms with Crippen LogP contribution in [-0.4, -0.2) is 28.8 Å². The fourth-order valence-corrected chi connectivity index (χ4v) is 1.40. The Morgan fingerprint density at radius 2 is 2.28 bits per heavy atom. The van der Waals surface area contributed by atoms with E-state index >= 15 is 0 Å². The highest BCUT2D eigenvalue weighted by Gasteiger charge is 2.20. The first-order chi connectivity index (χ1) is 8.51. The SMILES string of the molecule is C#CCN(CC)C(=O)c1cc([N+](=O)[O-])ccc1F. The molecule has 0 saturated carbocycles. The molecule has 0 atom stereocenters. The summed E-state index contributed by atoms with van der Waals surface area (Å²) in [6, 6.07) is 2.81. The van der Waals surface area contributed by atoms with Crippen molar-refractivity contribution < 1.29 is 14.1 Å². The zero-order valence-electron chi connectivity index (χ0n) is 9.72. The van der Waals surface area contributed by atoms with Gasteiger partial charge in [0.25, 0.3) is 11.6 Å². The molecule has 0 aromatic heterocycles. The van der Waals surface area contributed by atoms with Crippen molar-refractivity contribution in [3.63, 3.8) is 0 Å². The van der Waals surface area contributed by atoms with Crippen LogP contribution in [0.2, 0.25) is 0 Å². The van der Waals surface area contributed by atoms with Gasteiger partial charge in [0.2, 0.25) is 0 Å². The quantitative estimate of drug-likeness (QED) is 0.465. The summed E-state index contributed by atoms with van der Waals surface area (Å²) >= 11 is 0. The van der Waals surface area contributed by atoms with E-state index in [1.165, 1.54) is 4.90 Å². The molecule has 0 radical (unpaired) electrons. The topological polar surface area (TPSA) is 63.5 Å². The predicted octanol–water partition coefficient (Wildman–Crippen LogP) is 1.83. The van der Waals surface area contributed by atoms with E-state index in [0.717, 1.165) is 18.2 Å². The van der Waals surface area contributed by atoms with Gasteiger partial charge in [-0.2, -0.15) is 0 Å². The third kappa shape index (κ3) is 2.83. The van der Waals surface area contributed by atoms with Gasteiger partial charge in [-0.05, 0) is 13.0 Å². The van der Waals surface area contributed by atoms with Crippen LogP contribution in [0.3, 0.4) is 0 Å². The number of carbonyl (C=O) groups excluding carboxylic acids is 1. The van der Waals surface area contributed by atoms with E-state index in [4.69, 9.17) is 6.42 Å². The summed E-state index contributed by atoms with van der Waals surface area (Å²) in [4.78, 5) is 23.0. The van der Waals surface area contributed by atoms with Crippen molar-refractivity contribution in [2.45, 2.75) is 6.92 Å². The molecule has 0 heterocycles. The second kappa shape index (κ2) is 5.77. The number of terminal acetylenes is 1. The molecular weight excluding hydrogens is 239 g/mol. The fraction of sp³-hybridized carbons (Fsp3) is 0.250. The number of amides is 1. The molecule has 0 aliphatic heterocycles. The maximum absolute atomic E-state index is 13.5. The molecule has 0 spiro atoms. The number of hydrogen-bond acceptors (Lipinski definition) is 3. The molecule has 0 aliphatic rings. The number of nitro groups is 1. The number of nitrogens with zero attached hydrogens (tertiary/aromatic N) is 2. The van der Waals surface area contributed by atoms with Crippen LogP contribution < -0.4 is 0 Å². The molecule has 1 aromatic carbocycles. The van der Waals surface area contributed by atoms with E-state index in [-0.39, 0.29) is 17.8 Å². The molecule has 0 bridgehead atoms. The van der Waals surface area contributed by atoms with Crippen LogP contribution >= 0.6 is 0 Å². The van der Waals surface area contributed by atoms with Gasteiger partial charge in [-0.15, -0.1) is 6.42 Å². The summed E-state index contributed by atoms with van der Waals surface area (Å²) in [5, 5.41) is 10.6. The van der Waals surface area contributed by atoms with Crippen molar-refractivity contribution in [1.82, 2.24) is 4.90 Å². The number of carbonyl (C=O) groups is 1. The Balaban J connectivity index is 3.15. The molecule has 18 heavy (non-hydrogen) atoms. The lowest BCUT2D eigenvalue weighted by molar-refractivity contribution is -0.384. The second-order valence-corrected chi connectivity index (χ2v) is 3.44. The van der Waals surface area contributed by atoms with Gasteiger partial charge in [0.15, 0.2) is 0 Å². The summed E-state index contributed by atoms with van der Waals surface area (Å²) in [5.74, 6) is 0.815. The molecular formula is C12H11FN2O3. The Hall–Kier alpha value is -2.42. The average molecular weight is 250 g/mol. The van der Waals surface area contributed by atoms with Gasteiger partial charge in [-0.25, -0.2) is 4.39 Å². The van der Waals surface area contributed by atoms with Crippen molar-refractivity contribution in [3.05, 3.63) is 39.7 Å². The van der Waals surface area contributed by atoms with Crippen LogP contribution in [0.25, 0.3) is 0 Å². The number of halogens is 1. The van der Waals surface area contributed by atoms with Crippen LogP contribution in [0.15, 0.2) is 18.2 Å². The first-order valence-electron chi connectivity index (χ1n) is 5.18. The molecule has 1 amide bonds. The highest BCUT2D eigenvalue weighted by molar-refractivity contribution is 5.95. The first-order valence-corrected chi connectivity index (χ1v) is 5.18. The van der Waals surface area contributed by atoms with Gasteiger partial charge in [0, 0.05) is 18.7 Å². The lowest BCUT2D eigenvalue weighted by atomic mass is 10.1. The summed E-state index contributed by atoms with van der Waals surface area (Å²) < 4.78 is 13.5. The van der Waals surface area contributed by atoms with Crippen molar-refractivity contribution in [2.75, 3.05) is 13.1 Å². The standard InChI is InChI=1S/C12H11FN2O3/c1-3-7-14(4-2)12(16)10-8-9(15(17)18)5-6-11(10)13/h1,5-6,8H,4,7H2,2H3. The van der Waals surface area contributed by atoms with Crippen LogP contribution in [0.5, 0.6) is 0 Å². The minimum atomic E-state index is -0.805. The second-order valence-electron chi connectivity index (χ2n) is 3.44. The predicted molar refractivity (Wildman–Crippen MR) is 63.5 cm³/mol. The third-order valence-electron chi connectivity index (χ3n) is 2.34. The molecule has 5 nitrogen and oxygen atoms in total. The van der Waals surface area contributed by atoms with Crippen LogP contribution in [0.4, 0.5) is 10.1 Å². The van der Waals surface area contributed by atoms with Gasteiger partial charge in [0.1, 0.15) is 5.82 Å². The number of rotatable bonds is 4. The van der Waals surface area contributed by atoms with E-state index in [1.54, 1.807) is 6.92 Å². The summed E-state index contributed by atoms with van der Waals surface area (Å²) in [6.45, 7) is 2.01. The van der Waals surface area contributed by atoms with Crippen LogP contribution in [0.1, 0.15) is 17.3 Å². The first kappa shape index (κ1) is 13.6. The van der Waals surface area contributed by atoms with Gasteiger partial charge >= 0.3 is 0 Å². The maximum Gasteiger partial charge on any atom is 0.270 e. The highest BCUT2D eigenvalue weighted by atomic mass is 19.1. The van der Waals surface area contributed by atoms with Gasteiger partial charge < -0.3 is 4.90 Å². The third-order valence-corrected chi connectivity index (χ3v) is 2.34. The monoisotopic (exact) mass is 250 g/mol. The van der Waals surface area contributed by atoms with E-state index in [0.29, 0.717) is 6.54 Å². The number of nitro benzene ring substituents is 1. The Labute approximate surface area is 103 Å². The number of benzene rings is 1. The zero-order chi connectivity index (χ0) is 13.7. The van der Waals surface area contributed by atoms with Crippen molar-refractivity contribution in [3.8, 4) is 12.3 Å². The Morgan fingerprint density at radius 1 is 1.61 bits per heavy atom. The van der Waals surface area contributed by atoms with Crippen molar-refractivity contribution >= 4 is 11.6 Å². The lowest BCUT2D eigenvalue weighted by Crippen LogP contribution is -2.31. The van der Waals surface area contributed by atoms with Gasteiger partial charge in [-0.1, -0.05) is 5.92 Å². The van der Waals surface area contributed by atoms with E-state index < -0.39 is 16.6 Å². The van der Waals surface area contributed by atoms with Crippen molar-refractivity contribution in [2.24, 2.45) is 0 Å². The van der Waals surface area contributed by atoms with Crippen LogP contribution in [-0.2, 0) is 0 Å². The fourth-order valence-electron chi connectivity index (χ4n) is 1.40. The Morgan fingerprint density at radius 3 is 2.78 bits per heavy atom. The number of hydrogen-bond donors (Lipinski definition) is 0. The molecule has 94 valence electrons. The molecule has 0 unspecified atom stereocenters. The summed E-state index contributed by atoms with van der Waals surface area (Å²) in [7, 11) is 0. The Bertz CT molecular complexity index is 523. The highest BCUT2D eigenvalue weighted by Crippen LogP contribution is 2.18. The summed E-state index contributed by atoms with van der Waals surface area (Å²) in [5.41, 5.74) is -0.683. The zero-order valence-corrected chi connectivity index (χ0v) is 9.72. The number of non-ortho nitro benzene ring substituents is 1. The molecule has 0 fully saturated rings. The van der Waals surface area contributed by atoms with E-state index in [9.17, 15) is 19.3 Å². The van der Waals surface area contributed by atoms with Crippen molar-refractivity contribution in [1.29, 1.82) is 0 Å². The largest absolute Gasteiger partial charge is 0.328 e. The molecule has 0 N–H and O–H groups in total. The molecule has 6 heteroatoms. The normalized spacial score (nSPS) is 9.61. The summed E-state index contributed by atoms with van der Waals surface area (Å²) in [6.07, 6.45) is 5.09. The van der Waals surface area contributed by atoms with Gasteiger partial charge in [-0.3, -0.25) is 14.9 Å². The smallest absolute Gasteiger partial charge is 0.270 e.